The Bertz CT molecular complexity index is 1210. The normalized spacial score (nSPS) is 11.9. The Hall–Kier alpha value is -3.76. The summed E-state index contributed by atoms with van der Waals surface area (Å²) < 4.78 is 56.7. The van der Waals surface area contributed by atoms with Crippen molar-refractivity contribution in [2.45, 2.75) is 12.7 Å². The predicted octanol–water partition coefficient (Wildman–Crippen LogP) is 2.92. The van der Waals surface area contributed by atoms with Crippen LogP contribution in [0.25, 0.3) is 16.9 Å². The fourth-order valence-electron chi connectivity index (χ4n) is 3.06. The molecule has 4 rings (SSSR count). The molecule has 3 heterocycles. The Morgan fingerprint density at radius 3 is 2.69 bits per heavy atom. The van der Waals surface area contributed by atoms with Gasteiger partial charge in [0.25, 0.3) is 5.91 Å². The van der Waals surface area contributed by atoms with Crippen LogP contribution < -0.4 is 5.73 Å². The summed E-state index contributed by atoms with van der Waals surface area (Å²) in [6.45, 7) is -0.558. The van der Waals surface area contributed by atoms with Crippen LogP contribution in [0.4, 0.5) is 17.6 Å². The van der Waals surface area contributed by atoms with E-state index in [1.807, 2.05) is 0 Å². The number of aromatic nitrogens is 5. The highest BCUT2D eigenvalue weighted by Gasteiger charge is 2.34. The van der Waals surface area contributed by atoms with Gasteiger partial charge in [-0.25, -0.2) is 14.4 Å². The second-order valence-electron chi connectivity index (χ2n) is 6.16. The molecule has 0 saturated carbocycles. The lowest BCUT2D eigenvalue weighted by Gasteiger charge is -2.14. The van der Waals surface area contributed by atoms with Crippen molar-refractivity contribution in [3.05, 3.63) is 71.7 Å². The van der Waals surface area contributed by atoms with E-state index in [1.165, 1.54) is 29.4 Å². The van der Waals surface area contributed by atoms with Gasteiger partial charge in [-0.2, -0.15) is 18.3 Å². The van der Waals surface area contributed by atoms with Crippen LogP contribution in [0, 0.1) is 5.82 Å². The van der Waals surface area contributed by atoms with Gasteiger partial charge in [-0.15, -0.1) is 0 Å². The molecule has 0 spiro atoms. The number of carbonyl (C=O) groups excluding carboxylic acids is 1. The van der Waals surface area contributed by atoms with Gasteiger partial charge in [-0.05, 0) is 18.2 Å². The molecule has 0 aliphatic carbocycles. The Kier molecular flexibility index (Phi) is 4.29. The number of primary amides is 1. The third kappa shape index (κ3) is 3.30. The molecule has 2 N–H and O–H groups in total. The molecule has 11 heteroatoms. The molecule has 0 unspecified atom stereocenters. The molecule has 0 saturated heterocycles. The maximum absolute atomic E-state index is 14.2. The molecule has 0 radical (unpaired) electrons. The molecule has 0 aliphatic heterocycles. The summed E-state index contributed by atoms with van der Waals surface area (Å²) >= 11 is 0. The largest absolute Gasteiger partial charge is 0.416 e. The maximum atomic E-state index is 14.2. The number of rotatable bonds is 4. The highest BCUT2D eigenvalue weighted by molar-refractivity contribution is 6.04. The molecule has 1 amide bonds. The van der Waals surface area contributed by atoms with E-state index in [2.05, 4.69) is 15.1 Å². The lowest BCUT2D eigenvalue weighted by Crippen LogP contribution is -2.17. The fourth-order valence-corrected chi connectivity index (χ4v) is 3.06. The van der Waals surface area contributed by atoms with Crippen molar-refractivity contribution in [3.63, 3.8) is 0 Å². The lowest BCUT2D eigenvalue weighted by atomic mass is 10.1. The van der Waals surface area contributed by atoms with Gasteiger partial charge >= 0.3 is 6.18 Å². The Balaban J connectivity index is 1.88. The molecule has 7 nitrogen and oxygen atoms in total. The number of hydrogen-bond donors (Lipinski definition) is 1. The smallest absolute Gasteiger partial charge is 0.366 e. The predicted molar refractivity (Wildman–Crippen MR) is 93.7 cm³/mol. The summed E-state index contributed by atoms with van der Waals surface area (Å²) in [5.74, 6) is -1.54. The van der Waals surface area contributed by atoms with E-state index < -0.39 is 35.6 Å². The van der Waals surface area contributed by atoms with Crippen molar-refractivity contribution in [2.24, 2.45) is 5.73 Å². The van der Waals surface area contributed by atoms with Gasteiger partial charge in [0, 0.05) is 18.0 Å². The first-order chi connectivity index (χ1) is 13.8. The number of imidazole rings is 1. The third-order valence-corrected chi connectivity index (χ3v) is 4.35. The fraction of sp³-hybridized carbons (Fsp3) is 0.111. The summed E-state index contributed by atoms with van der Waals surface area (Å²) in [6, 6.07) is 4.07. The molecule has 0 bridgehead atoms. The van der Waals surface area contributed by atoms with Crippen LogP contribution in [-0.2, 0) is 12.7 Å². The minimum atomic E-state index is -4.75. The standard InChI is InChI=1S/C18H12F4N6O/c19-13-3-1-2-12(18(20,21)22)11(13)8-28-16-10(17(23)29)6-15(26-14(16)7-25-28)27-5-4-24-9-27/h1-7,9H,8H2,(H2,23,29). The average molecular weight is 404 g/mol. The third-order valence-electron chi connectivity index (χ3n) is 4.35. The number of amides is 1. The number of nitrogens with two attached hydrogens (primary N) is 1. The van der Waals surface area contributed by atoms with E-state index in [0.717, 1.165) is 22.9 Å². The zero-order valence-electron chi connectivity index (χ0n) is 14.6. The van der Waals surface area contributed by atoms with Gasteiger partial charge in [0.05, 0.1) is 23.9 Å². The highest BCUT2D eigenvalue weighted by atomic mass is 19.4. The molecule has 4 aromatic rings. The van der Waals surface area contributed by atoms with Crippen molar-refractivity contribution in [3.8, 4) is 5.82 Å². The number of alkyl halides is 3. The molecule has 1 aromatic carbocycles. The van der Waals surface area contributed by atoms with Gasteiger partial charge in [0.1, 0.15) is 29.0 Å². The topological polar surface area (TPSA) is 91.6 Å². The van der Waals surface area contributed by atoms with Crippen LogP contribution in [0.5, 0.6) is 0 Å². The molecule has 3 aromatic heterocycles. The minimum Gasteiger partial charge on any atom is -0.366 e. The summed E-state index contributed by atoms with van der Waals surface area (Å²) in [5, 5.41) is 4.01. The van der Waals surface area contributed by atoms with E-state index in [0.29, 0.717) is 5.82 Å². The monoisotopic (exact) mass is 404 g/mol. The average Bonchev–Trinajstić information content (AvgIpc) is 3.32. The van der Waals surface area contributed by atoms with Crippen molar-refractivity contribution in [1.82, 2.24) is 24.3 Å². The van der Waals surface area contributed by atoms with Gasteiger partial charge in [-0.3, -0.25) is 14.0 Å². The quantitative estimate of drug-likeness (QED) is 0.530. The van der Waals surface area contributed by atoms with Crippen LogP contribution in [0.2, 0.25) is 0 Å². The maximum Gasteiger partial charge on any atom is 0.416 e. The first kappa shape index (κ1) is 18.6. The molecule has 0 aliphatic rings. The second kappa shape index (κ2) is 6.69. The molecular formula is C18H12F4N6O. The Morgan fingerprint density at radius 1 is 1.24 bits per heavy atom. The Morgan fingerprint density at radius 2 is 2.03 bits per heavy atom. The summed E-state index contributed by atoms with van der Waals surface area (Å²) in [6.07, 6.45) is 1.09. The SMILES string of the molecule is NC(=O)c1cc(-n2ccnc2)nc2cnn(Cc3c(F)cccc3C(F)(F)F)c12. The van der Waals surface area contributed by atoms with Crippen LogP contribution in [0.15, 0.2) is 49.2 Å². The summed E-state index contributed by atoms with van der Waals surface area (Å²) in [7, 11) is 0. The molecule has 29 heavy (non-hydrogen) atoms. The first-order valence-corrected chi connectivity index (χ1v) is 8.25. The number of pyridine rings is 1. The van der Waals surface area contributed by atoms with Crippen molar-refractivity contribution < 1.29 is 22.4 Å². The zero-order valence-corrected chi connectivity index (χ0v) is 14.6. The lowest BCUT2D eigenvalue weighted by molar-refractivity contribution is -0.138. The van der Waals surface area contributed by atoms with Crippen molar-refractivity contribution in [2.75, 3.05) is 0 Å². The van der Waals surface area contributed by atoms with Crippen LogP contribution in [0.3, 0.4) is 0 Å². The van der Waals surface area contributed by atoms with E-state index in [4.69, 9.17) is 5.73 Å². The molecule has 148 valence electrons. The number of nitrogens with zero attached hydrogens (tertiary/aromatic N) is 5. The van der Waals surface area contributed by atoms with Gasteiger partial charge in [0.2, 0.25) is 0 Å². The molecule has 0 atom stereocenters. The minimum absolute atomic E-state index is 0.0129. The zero-order chi connectivity index (χ0) is 20.8. The summed E-state index contributed by atoms with van der Waals surface area (Å²) in [4.78, 5) is 20.2. The summed E-state index contributed by atoms with van der Waals surface area (Å²) in [5.41, 5.74) is 4.06. The number of carbonyl (C=O) groups is 1. The van der Waals surface area contributed by atoms with Crippen molar-refractivity contribution >= 4 is 16.9 Å². The van der Waals surface area contributed by atoms with Crippen LogP contribution in [0.1, 0.15) is 21.5 Å². The number of benzene rings is 1. The molecular weight excluding hydrogens is 392 g/mol. The molecule has 0 fully saturated rings. The van der Waals surface area contributed by atoms with Crippen LogP contribution >= 0.6 is 0 Å². The number of fused-ring (bicyclic) bond motifs is 1. The van der Waals surface area contributed by atoms with E-state index >= 15 is 0 Å². The second-order valence-corrected chi connectivity index (χ2v) is 6.16. The van der Waals surface area contributed by atoms with Crippen molar-refractivity contribution in [1.29, 1.82) is 0 Å². The van der Waals surface area contributed by atoms with Gasteiger partial charge in [0.15, 0.2) is 0 Å². The van der Waals surface area contributed by atoms with Gasteiger partial charge < -0.3 is 5.73 Å². The first-order valence-electron chi connectivity index (χ1n) is 8.25. The van der Waals surface area contributed by atoms with E-state index in [9.17, 15) is 22.4 Å². The van der Waals surface area contributed by atoms with Gasteiger partial charge in [-0.1, -0.05) is 6.07 Å². The Labute approximate surface area is 160 Å². The number of hydrogen-bond acceptors (Lipinski definition) is 4. The van der Waals surface area contributed by atoms with E-state index in [1.54, 1.807) is 6.20 Å². The number of halogens is 4. The van der Waals surface area contributed by atoms with Crippen LogP contribution in [-0.4, -0.2) is 30.2 Å². The van der Waals surface area contributed by atoms with E-state index in [-0.39, 0.29) is 16.6 Å². The highest BCUT2D eigenvalue weighted by Crippen LogP contribution is 2.34.